The van der Waals surface area contributed by atoms with Crippen molar-refractivity contribution in [2.24, 2.45) is 7.05 Å². The van der Waals surface area contributed by atoms with E-state index in [9.17, 15) is 0 Å². The van der Waals surface area contributed by atoms with E-state index in [0.29, 0.717) is 11.9 Å². The van der Waals surface area contributed by atoms with Crippen LogP contribution in [-0.4, -0.2) is 24.3 Å². The fourth-order valence-electron chi connectivity index (χ4n) is 0.812. The molecule has 0 aliphatic carbocycles. The van der Waals surface area contributed by atoms with Crippen LogP contribution in [0.15, 0.2) is 0 Å². The molecule has 0 saturated heterocycles. The summed E-state index contributed by atoms with van der Waals surface area (Å²) in [5, 5.41) is 4.00. The van der Waals surface area contributed by atoms with Gasteiger partial charge in [0.25, 0.3) is 11.6 Å². The fourth-order valence-corrected chi connectivity index (χ4v) is 0.812. The van der Waals surface area contributed by atoms with Gasteiger partial charge >= 0.3 is 6.01 Å². The Labute approximate surface area is 94.1 Å². The highest BCUT2D eigenvalue weighted by Crippen LogP contribution is 2.10. The second kappa shape index (κ2) is 5.15. The summed E-state index contributed by atoms with van der Waals surface area (Å²) in [7, 11) is 4.89. The largest absolute Gasteiger partial charge is 1.00 e. The number of ether oxygens (including phenoxy) is 2. The van der Waals surface area contributed by atoms with Gasteiger partial charge in [0.05, 0.1) is 19.3 Å². The Morgan fingerprint density at radius 1 is 1.23 bits per heavy atom. The molecular weight excluding hydrogens is 285 g/mol. The van der Waals surface area contributed by atoms with Gasteiger partial charge in [0.2, 0.25) is 0 Å². The maximum atomic E-state index is 5.02. The highest BCUT2D eigenvalue weighted by atomic mass is 127. The number of aromatic nitrogens is 3. The van der Waals surface area contributed by atoms with Crippen molar-refractivity contribution in [1.82, 2.24) is 10.1 Å². The fraction of sp³-hybridized carbons (Fsp3) is 0.571. The molecule has 0 saturated carbocycles. The van der Waals surface area contributed by atoms with Crippen molar-refractivity contribution < 1.29 is 38.1 Å². The van der Waals surface area contributed by atoms with Gasteiger partial charge in [-0.25, -0.2) is 0 Å². The number of aryl methyl sites for hydroxylation is 1. The monoisotopic (exact) mass is 297 g/mol. The van der Waals surface area contributed by atoms with Crippen LogP contribution >= 0.6 is 0 Å². The summed E-state index contributed by atoms with van der Waals surface area (Å²) in [6.07, 6.45) is 0. The van der Waals surface area contributed by atoms with Crippen LogP contribution < -0.4 is 38.1 Å². The van der Waals surface area contributed by atoms with Gasteiger partial charge in [-0.05, 0) is 0 Å². The third-order valence-corrected chi connectivity index (χ3v) is 1.60. The van der Waals surface area contributed by atoms with Crippen molar-refractivity contribution >= 4 is 0 Å². The molecule has 0 radical (unpaired) electrons. The van der Waals surface area contributed by atoms with Gasteiger partial charge in [0.15, 0.2) is 7.05 Å². The molecule has 13 heavy (non-hydrogen) atoms. The molecule has 74 valence electrons. The first-order valence-electron chi connectivity index (χ1n) is 3.52. The van der Waals surface area contributed by atoms with E-state index in [2.05, 4.69) is 10.1 Å². The van der Waals surface area contributed by atoms with E-state index in [-0.39, 0.29) is 24.0 Å². The molecule has 1 heterocycles. The molecule has 5 nitrogen and oxygen atoms in total. The van der Waals surface area contributed by atoms with Crippen LogP contribution in [0.1, 0.15) is 5.69 Å². The Balaban J connectivity index is 0.00000144. The normalized spacial score (nSPS) is 8.92. The van der Waals surface area contributed by atoms with E-state index in [1.54, 1.807) is 11.8 Å². The summed E-state index contributed by atoms with van der Waals surface area (Å²) >= 11 is 0. The van der Waals surface area contributed by atoms with E-state index >= 15 is 0 Å². The summed E-state index contributed by atoms with van der Waals surface area (Å²) in [4.78, 5) is 3.99. The average molecular weight is 297 g/mol. The highest BCUT2D eigenvalue weighted by Gasteiger charge is 2.15. The Hall–Kier alpha value is -0.660. The lowest BCUT2D eigenvalue weighted by Crippen LogP contribution is -3.00. The lowest BCUT2D eigenvalue weighted by molar-refractivity contribution is -0.737. The van der Waals surface area contributed by atoms with Gasteiger partial charge in [0.1, 0.15) is 0 Å². The highest BCUT2D eigenvalue weighted by molar-refractivity contribution is 5.12. The van der Waals surface area contributed by atoms with Crippen LogP contribution in [0.2, 0.25) is 0 Å². The molecule has 0 aliphatic heterocycles. The van der Waals surface area contributed by atoms with Crippen molar-refractivity contribution in [3.05, 3.63) is 5.69 Å². The Morgan fingerprint density at radius 3 is 2.31 bits per heavy atom. The minimum absolute atomic E-state index is 0. The summed E-state index contributed by atoms with van der Waals surface area (Å²) in [6, 6.07) is 0.306. The minimum Gasteiger partial charge on any atom is -1.00 e. The quantitative estimate of drug-likeness (QED) is 0.422. The molecule has 0 fully saturated rings. The van der Waals surface area contributed by atoms with Crippen LogP contribution in [-0.2, 0) is 7.05 Å². The summed E-state index contributed by atoms with van der Waals surface area (Å²) in [5.74, 6) is 0.532. The summed E-state index contributed by atoms with van der Waals surface area (Å²) < 4.78 is 11.5. The SMILES string of the molecule is COc1nc(OC)c(C)[n+](C)n1.[I-]. The van der Waals surface area contributed by atoms with Crippen LogP contribution in [0.25, 0.3) is 0 Å². The second-order valence-corrected chi connectivity index (χ2v) is 2.32. The lowest BCUT2D eigenvalue weighted by atomic mass is 10.5. The molecule has 0 aromatic carbocycles. The number of halogens is 1. The summed E-state index contributed by atoms with van der Waals surface area (Å²) in [5.41, 5.74) is 0.860. The van der Waals surface area contributed by atoms with Gasteiger partial charge in [0, 0.05) is 6.92 Å². The van der Waals surface area contributed by atoms with Crippen molar-refractivity contribution in [3.8, 4) is 11.9 Å². The molecule has 0 aliphatic rings. The molecule has 6 heteroatoms. The smallest absolute Gasteiger partial charge is 0.382 e. The van der Waals surface area contributed by atoms with Gasteiger partial charge < -0.3 is 33.5 Å². The van der Waals surface area contributed by atoms with E-state index in [1.807, 2.05) is 14.0 Å². The molecule has 0 amide bonds. The first-order chi connectivity index (χ1) is 5.69. The van der Waals surface area contributed by atoms with Crippen molar-refractivity contribution in [2.75, 3.05) is 14.2 Å². The third kappa shape index (κ3) is 2.64. The Bertz CT molecular complexity index is 293. The number of hydrogen-bond donors (Lipinski definition) is 0. The standard InChI is InChI=1S/C7H12N3O2.HI/c1-5-6(11-3)8-7(12-4)9-10(5)2;/h1-4H3;1H/q+1;/p-1. The van der Waals surface area contributed by atoms with Gasteiger partial charge in [-0.2, -0.15) is 0 Å². The van der Waals surface area contributed by atoms with E-state index in [0.717, 1.165) is 5.69 Å². The number of rotatable bonds is 2. The first-order valence-corrected chi connectivity index (χ1v) is 3.52. The zero-order valence-corrected chi connectivity index (χ0v) is 10.2. The van der Waals surface area contributed by atoms with E-state index in [1.165, 1.54) is 7.11 Å². The van der Waals surface area contributed by atoms with Gasteiger partial charge in [-0.15, -0.1) is 4.98 Å². The van der Waals surface area contributed by atoms with Crippen LogP contribution in [0.5, 0.6) is 11.9 Å². The predicted octanol–water partition coefficient (Wildman–Crippen LogP) is -3.37. The molecule has 1 rings (SSSR count). The summed E-state index contributed by atoms with van der Waals surface area (Å²) in [6.45, 7) is 1.87. The number of nitrogens with zero attached hydrogens (tertiary/aromatic N) is 3. The molecule has 0 unspecified atom stereocenters. The zero-order chi connectivity index (χ0) is 9.14. The molecule has 0 bridgehead atoms. The van der Waals surface area contributed by atoms with Crippen LogP contribution in [0.3, 0.4) is 0 Å². The second-order valence-electron chi connectivity index (χ2n) is 2.32. The molecule has 0 spiro atoms. The van der Waals surface area contributed by atoms with Crippen LogP contribution in [0.4, 0.5) is 0 Å². The van der Waals surface area contributed by atoms with Gasteiger partial charge in [-0.1, -0.05) is 4.68 Å². The molecule has 0 atom stereocenters. The van der Waals surface area contributed by atoms with Crippen molar-refractivity contribution in [3.63, 3.8) is 0 Å². The molecule has 1 aromatic heterocycles. The van der Waals surface area contributed by atoms with Crippen molar-refractivity contribution in [1.29, 1.82) is 0 Å². The Kier molecular flexibility index (Phi) is 4.89. The zero-order valence-electron chi connectivity index (χ0n) is 8.04. The molecule has 1 aromatic rings. The third-order valence-electron chi connectivity index (χ3n) is 1.60. The number of methoxy groups -OCH3 is 2. The minimum atomic E-state index is 0. The van der Waals surface area contributed by atoms with E-state index in [4.69, 9.17) is 9.47 Å². The first kappa shape index (κ1) is 12.3. The molecular formula is C7H12IN3O2. The molecule has 0 N–H and O–H groups in total. The van der Waals surface area contributed by atoms with Gasteiger partial charge in [-0.3, -0.25) is 0 Å². The Morgan fingerprint density at radius 2 is 1.85 bits per heavy atom. The maximum absolute atomic E-state index is 5.02. The lowest BCUT2D eigenvalue weighted by Gasteiger charge is -2.00. The number of hydrogen-bond acceptors (Lipinski definition) is 4. The topological polar surface area (TPSA) is 48.1 Å². The van der Waals surface area contributed by atoms with Crippen LogP contribution in [0, 0.1) is 6.92 Å². The average Bonchev–Trinajstić information content (AvgIpc) is 2.09. The predicted molar refractivity (Wildman–Crippen MR) is 41.0 cm³/mol. The van der Waals surface area contributed by atoms with Crippen molar-refractivity contribution in [2.45, 2.75) is 6.92 Å². The maximum Gasteiger partial charge on any atom is 0.382 e. The van der Waals surface area contributed by atoms with E-state index < -0.39 is 0 Å².